The summed E-state index contributed by atoms with van der Waals surface area (Å²) in [7, 11) is 1.54. The second kappa shape index (κ2) is 9.17. The van der Waals surface area contributed by atoms with Gasteiger partial charge in [-0.1, -0.05) is 6.92 Å². The Morgan fingerprint density at radius 2 is 1.75 bits per heavy atom. The van der Waals surface area contributed by atoms with Crippen LogP contribution in [0, 0.1) is 5.92 Å². The average Bonchev–Trinajstić information content (AvgIpc) is 2.36. The Labute approximate surface area is 119 Å². The molecule has 0 rings (SSSR count). The first-order valence-electron chi connectivity index (χ1n) is 6.80. The number of rotatable bonds is 8. The zero-order valence-corrected chi connectivity index (χ0v) is 12.7. The Morgan fingerprint density at radius 1 is 1.20 bits per heavy atom. The van der Waals surface area contributed by atoms with E-state index in [2.05, 4.69) is 5.32 Å². The monoisotopic (exact) mass is 287 g/mol. The van der Waals surface area contributed by atoms with Crippen molar-refractivity contribution in [3.8, 4) is 0 Å². The molecule has 1 unspecified atom stereocenters. The van der Waals surface area contributed by atoms with E-state index in [0.717, 1.165) is 0 Å². The van der Waals surface area contributed by atoms with Gasteiger partial charge in [0.05, 0.1) is 0 Å². The first kappa shape index (κ1) is 18.2. The fraction of sp³-hybridized carbons (Fsp3) is 0.769. The summed E-state index contributed by atoms with van der Waals surface area (Å²) < 4.78 is 0. The predicted octanol–water partition coefficient (Wildman–Crippen LogP) is 0.607. The van der Waals surface area contributed by atoms with Gasteiger partial charge >= 0.3 is 12.0 Å². The van der Waals surface area contributed by atoms with E-state index in [1.54, 1.807) is 18.9 Å². The number of amides is 3. The summed E-state index contributed by atoms with van der Waals surface area (Å²) in [5, 5.41) is 11.2. The third kappa shape index (κ3) is 6.96. The van der Waals surface area contributed by atoms with Crippen LogP contribution in [0.25, 0.3) is 0 Å². The zero-order valence-electron chi connectivity index (χ0n) is 12.7. The molecule has 0 bridgehead atoms. The van der Waals surface area contributed by atoms with Gasteiger partial charge in [0.2, 0.25) is 5.91 Å². The Bertz CT molecular complexity index is 343. The van der Waals surface area contributed by atoms with Gasteiger partial charge in [0, 0.05) is 33.1 Å². The summed E-state index contributed by atoms with van der Waals surface area (Å²) in [6.07, 6.45) is 0.00235. The predicted molar refractivity (Wildman–Crippen MR) is 75.4 cm³/mol. The highest BCUT2D eigenvalue weighted by molar-refractivity contribution is 5.83. The van der Waals surface area contributed by atoms with Crippen molar-refractivity contribution in [3.05, 3.63) is 0 Å². The van der Waals surface area contributed by atoms with E-state index in [-0.39, 0.29) is 37.4 Å². The summed E-state index contributed by atoms with van der Waals surface area (Å²) in [6.45, 7) is 7.02. The third-order valence-electron chi connectivity index (χ3n) is 2.96. The van der Waals surface area contributed by atoms with Crippen LogP contribution in [0.2, 0.25) is 0 Å². The molecule has 0 saturated carbocycles. The van der Waals surface area contributed by atoms with Gasteiger partial charge < -0.3 is 20.2 Å². The van der Waals surface area contributed by atoms with Gasteiger partial charge in [-0.2, -0.15) is 0 Å². The lowest BCUT2D eigenvalue weighted by Gasteiger charge is -2.23. The van der Waals surface area contributed by atoms with Gasteiger partial charge in [-0.3, -0.25) is 9.59 Å². The topological polar surface area (TPSA) is 90.0 Å². The van der Waals surface area contributed by atoms with Gasteiger partial charge in [0.25, 0.3) is 0 Å². The van der Waals surface area contributed by atoms with E-state index in [1.807, 2.05) is 13.8 Å². The van der Waals surface area contributed by atoms with E-state index < -0.39 is 5.97 Å². The molecule has 3 amide bonds. The fourth-order valence-electron chi connectivity index (χ4n) is 1.72. The number of hydrogen-bond donors (Lipinski definition) is 2. The van der Waals surface area contributed by atoms with E-state index in [0.29, 0.717) is 13.1 Å². The third-order valence-corrected chi connectivity index (χ3v) is 2.96. The molecule has 0 aromatic carbocycles. The van der Waals surface area contributed by atoms with Crippen molar-refractivity contribution in [2.75, 3.05) is 33.2 Å². The first-order chi connectivity index (χ1) is 9.31. The molecule has 0 radical (unpaired) electrons. The molecule has 7 nitrogen and oxygen atoms in total. The summed E-state index contributed by atoms with van der Waals surface area (Å²) in [6, 6.07) is -0.372. The normalized spacial score (nSPS) is 11.6. The van der Waals surface area contributed by atoms with Gasteiger partial charge in [0.15, 0.2) is 0 Å². The highest BCUT2D eigenvalue weighted by Gasteiger charge is 2.17. The van der Waals surface area contributed by atoms with Crippen LogP contribution in [0.1, 0.15) is 27.2 Å². The van der Waals surface area contributed by atoms with Crippen LogP contribution in [0.15, 0.2) is 0 Å². The number of urea groups is 1. The second-order valence-corrected chi connectivity index (χ2v) is 4.81. The molecule has 0 aliphatic carbocycles. The number of carbonyl (C=O) groups is 3. The summed E-state index contributed by atoms with van der Waals surface area (Å²) in [5.41, 5.74) is 0. The number of nitrogens with zero attached hydrogens (tertiary/aromatic N) is 2. The van der Waals surface area contributed by atoms with Gasteiger partial charge in [0.1, 0.15) is 6.54 Å². The number of carbonyl (C=O) groups excluding carboxylic acids is 2. The van der Waals surface area contributed by atoms with Gasteiger partial charge in [-0.05, 0) is 19.8 Å². The second-order valence-electron chi connectivity index (χ2n) is 4.81. The molecule has 0 aliphatic rings. The maximum atomic E-state index is 11.8. The fourth-order valence-corrected chi connectivity index (χ4v) is 1.72. The van der Waals surface area contributed by atoms with Crippen LogP contribution in [0.4, 0.5) is 4.79 Å². The SMILES string of the molecule is CCN(CC)C(=O)CN(C)C(=O)NCC(C)CC(=O)O. The minimum absolute atomic E-state index is 0.00235. The van der Waals surface area contributed by atoms with E-state index >= 15 is 0 Å². The molecule has 2 N–H and O–H groups in total. The highest BCUT2D eigenvalue weighted by Crippen LogP contribution is 2.00. The molecule has 7 heteroatoms. The molecular weight excluding hydrogens is 262 g/mol. The van der Waals surface area contributed by atoms with Gasteiger partial charge in [-0.15, -0.1) is 0 Å². The van der Waals surface area contributed by atoms with Crippen molar-refractivity contribution in [2.45, 2.75) is 27.2 Å². The molecule has 0 aliphatic heterocycles. The van der Waals surface area contributed by atoms with Crippen molar-refractivity contribution < 1.29 is 19.5 Å². The Hall–Kier alpha value is -1.79. The van der Waals surface area contributed by atoms with Crippen molar-refractivity contribution >= 4 is 17.9 Å². The summed E-state index contributed by atoms with van der Waals surface area (Å²) >= 11 is 0. The maximum absolute atomic E-state index is 11.8. The molecule has 1 atom stereocenters. The van der Waals surface area contributed by atoms with Crippen LogP contribution >= 0.6 is 0 Å². The van der Waals surface area contributed by atoms with E-state index in [4.69, 9.17) is 5.11 Å². The molecular formula is C13H25N3O4. The van der Waals surface area contributed by atoms with Crippen LogP contribution in [-0.4, -0.2) is 66.0 Å². The smallest absolute Gasteiger partial charge is 0.317 e. The highest BCUT2D eigenvalue weighted by atomic mass is 16.4. The van der Waals surface area contributed by atoms with Crippen molar-refractivity contribution in [2.24, 2.45) is 5.92 Å². The number of nitrogens with one attached hydrogen (secondary N) is 1. The molecule has 0 fully saturated rings. The first-order valence-corrected chi connectivity index (χ1v) is 6.80. The largest absolute Gasteiger partial charge is 0.481 e. The minimum atomic E-state index is -0.892. The molecule has 20 heavy (non-hydrogen) atoms. The lowest BCUT2D eigenvalue weighted by Crippen LogP contribution is -2.45. The van der Waals surface area contributed by atoms with Crippen LogP contribution in [0.3, 0.4) is 0 Å². The molecule has 0 aromatic rings. The van der Waals surface area contributed by atoms with Gasteiger partial charge in [-0.25, -0.2) is 4.79 Å². The lowest BCUT2D eigenvalue weighted by molar-refractivity contribution is -0.138. The Morgan fingerprint density at radius 3 is 2.20 bits per heavy atom. The molecule has 0 spiro atoms. The standard InChI is InChI=1S/C13H25N3O4/c1-5-16(6-2)11(17)9-15(4)13(20)14-8-10(3)7-12(18)19/h10H,5-9H2,1-4H3,(H,14,20)(H,18,19). The van der Waals surface area contributed by atoms with Crippen molar-refractivity contribution in [3.63, 3.8) is 0 Å². The molecule has 0 aromatic heterocycles. The number of likely N-dealkylation sites (N-methyl/N-ethyl adjacent to an activating group) is 2. The van der Waals surface area contributed by atoms with E-state index in [1.165, 1.54) is 4.90 Å². The maximum Gasteiger partial charge on any atom is 0.317 e. The number of carboxylic acids is 1. The quantitative estimate of drug-likeness (QED) is 0.684. The molecule has 116 valence electrons. The molecule has 0 saturated heterocycles. The van der Waals surface area contributed by atoms with Crippen molar-refractivity contribution in [1.29, 1.82) is 0 Å². The van der Waals surface area contributed by atoms with Crippen molar-refractivity contribution in [1.82, 2.24) is 15.1 Å². The van der Waals surface area contributed by atoms with E-state index in [9.17, 15) is 14.4 Å². The average molecular weight is 287 g/mol. The summed E-state index contributed by atoms with van der Waals surface area (Å²) in [4.78, 5) is 37.0. The number of carboxylic acid groups (broad SMARTS) is 1. The minimum Gasteiger partial charge on any atom is -0.481 e. The number of aliphatic carboxylic acids is 1. The van der Waals surface area contributed by atoms with Crippen LogP contribution in [0.5, 0.6) is 0 Å². The Balaban J connectivity index is 4.15. The Kier molecular flexibility index (Phi) is 8.35. The van der Waals surface area contributed by atoms with Crippen LogP contribution < -0.4 is 5.32 Å². The van der Waals surface area contributed by atoms with Crippen LogP contribution in [-0.2, 0) is 9.59 Å². The molecule has 0 heterocycles. The summed E-state index contributed by atoms with van der Waals surface area (Å²) in [5.74, 6) is -1.15. The lowest BCUT2D eigenvalue weighted by atomic mass is 10.1. The number of hydrogen-bond acceptors (Lipinski definition) is 3. The zero-order chi connectivity index (χ0) is 15.7.